The number of hydrogen-bond acceptors (Lipinski definition) is 6. The lowest BCUT2D eigenvalue weighted by Gasteiger charge is -2.14. The molecule has 41 heavy (non-hydrogen) atoms. The molecule has 0 spiro atoms. The Labute approximate surface area is 247 Å². The molecule has 0 fully saturated rings. The maximum absolute atomic E-state index is 13.4. The maximum atomic E-state index is 13.4. The molecule has 0 aliphatic heterocycles. The molecule has 0 atom stereocenters. The highest BCUT2D eigenvalue weighted by Crippen LogP contribution is 2.32. The number of anilines is 1. The van der Waals surface area contributed by atoms with Crippen LogP contribution in [0.15, 0.2) is 108 Å². The Bertz CT molecular complexity index is 1570. The monoisotopic (exact) mass is 586 g/mol. The molecule has 208 valence electrons. The fourth-order valence-electron chi connectivity index (χ4n) is 3.87. The van der Waals surface area contributed by atoms with Crippen LogP contribution in [0.4, 0.5) is 5.69 Å². The predicted octanol–water partition coefficient (Wildman–Crippen LogP) is 6.74. The molecule has 0 aliphatic carbocycles. The van der Waals surface area contributed by atoms with Crippen molar-refractivity contribution in [1.82, 2.24) is 5.32 Å². The van der Waals surface area contributed by atoms with E-state index in [1.807, 2.05) is 0 Å². The van der Waals surface area contributed by atoms with E-state index in [1.165, 1.54) is 32.1 Å². The fourth-order valence-corrected chi connectivity index (χ4v) is 4.89. The van der Waals surface area contributed by atoms with Gasteiger partial charge in [-0.15, -0.1) is 11.8 Å². The summed E-state index contributed by atoms with van der Waals surface area (Å²) in [5.74, 6) is 0.0709. The predicted molar refractivity (Wildman–Crippen MR) is 163 cm³/mol. The first-order chi connectivity index (χ1) is 19.9. The van der Waals surface area contributed by atoms with Gasteiger partial charge in [0.25, 0.3) is 11.8 Å². The SMILES string of the molecule is COc1cccc(/C=C(\NC(=O)c2ccccc2)C(=O)Nc2ccc(SCC(=O)c3ccccc3Cl)cc2)c1OC. The van der Waals surface area contributed by atoms with Crippen LogP contribution in [0.3, 0.4) is 0 Å². The molecule has 4 aromatic carbocycles. The number of halogens is 1. The summed E-state index contributed by atoms with van der Waals surface area (Å²) in [5, 5.41) is 5.96. The number of carbonyl (C=O) groups excluding carboxylic acids is 3. The van der Waals surface area contributed by atoms with Gasteiger partial charge in [-0.1, -0.05) is 54.1 Å². The van der Waals surface area contributed by atoms with Crippen LogP contribution in [0.2, 0.25) is 5.02 Å². The van der Waals surface area contributed by atoms with E-state index in [1.54, 1.807) is 97.1 Å². The minimum absolute atomic E-state index is 0.00851. The molecule has 0 aliphatic rings. The molecule has 7 nitrogen and oxygen atoms in total. The van der Waals surface area contributed by atoms with Gasteiger partial charge >= 0.3 is 0 Å². The van der Waals surface area contributed by atoms with Crippen LogP contribution in [0, 0.1) is 0 Å². The van der Waals surface area contributed by atoms with Gasteiger partial charge in [-0.05, 0) is 60.7 Å². The molecule has 0 unspecified atom stereocenters. The third-order valence-electron chi connectivity index (χ3n) is 5.92. The molecule has 0 saturated heterocycles. The molecule has 0 radical (unpaired) electrons. The van der Waals surface area contributed by atoms with E-state index in [9.17, 15) is 14.4 Å². The molecule has 4 rings (SSSR count). The summed E-state index contributed by atoms with van der Waals surface area (Å²) in [5.41, 5.74) is 1.94. The van der Waals surface area contributed by atoms with Gasteiger partial charge in [-0.25, -0.2) is 0 Å². The summed E-state index contributed by atoms with van der Waals surface area (Å²) in [6.07, 6.45) is 1.53. The first-order valence-corrected chi connectivity index (χ1v) is 13.9. The number of ketones is 1. The first-order valence-electron chi connectivity index (χ1n) is 12.5. The Morgan fingerprint density at radius 1 is 0.829 bits per heavy atom. The summed E-state index contributed by atoms with van der Waals surface area (Å²) in [6.45, 7) is 0. The topological polar surface area (TPSA) is 93.7 Å². The number of para-hydroxylation sites is 1. The largest absolute Gasteiger partial charge is 0.493 e. The highest BCUT2D eigenvalue weighted by Gasteiger charge is 2.17. The van der Waals surface area contributed by atoms with Crippen molar-refractivity contribution < 1.29 is 23.9 Å². The molecule has 0 bridgehead atoms. The van der Waals surface area contributed by atoms with Gasteiger partial charge in [-0.2, -0.15) is 0 Å². The molecule has 2 N–H and O–H groups in total. The molecule has 9 heteroatoms. The maximum Gasteiger partial charge on any atom is 0.272 e. The lowest BCUT2D eigenvalue weighted by molar-refractivity contribution is -0.113. The standard InChI is InChI=1S/C32H27ClN2O5S/c1-39-29-14-8-11-22(30(29)40-2)19-27(35-31(37)21-9-4-3-5-10-21)32(38)34-23-15-17-24(18-16-23)41-20-28(36)25-12-6-7-13-26(25)33/h3-19H,20H2,1-2H3,(H,34,38)(H,35,37)/b27-19-. The second-order valence-corrected chi connectivity index (χ2v) is 10.1. The Kier molecular flexibility index (Phi) is 10.2. The summed E-state index contributed by atoms with van der Waals surface area (Å²) < 4.78 is 10.9. The van der Waals surface area contributed by atoms with Crippen LogP contribution in [-0.2, 0) is 4.79 Å². The third-order valence-corrected chi connectivity index (χ3v) is 7.26. The molecule has 0 saturated carbocycles. The van der Waals surface area contributed by atoms with E-state index in [2.05, 4.69) is 10.6 Å². The number of methoxy groups -OCH3 is 2. The van der Waals surface area contributed by atoms with Crippen LogP contribution in [0.5, 0.6) is 11.5 Å². The zero-order chi connectivity index (χ0) is 29.2. The number of Topliss-reactive ketones (excluding diaryl/α,β-unsaturated/α-hetero) is 1. The number of nitrogens with one attached hydrogen (secondary N) is 2. The number of rotatable bonds is 11. The zero-order valence-corrected chi connectivity index (χ0v) is 23.9. The number of amides is 2. The average Bonchev–Trinajstić information content (AvgIpc) is 3.00. The first kappa shape index (κ1) is 29.5. The molecule has 0 aromatic heterocycles. The normalized spacial score (nSPS) is 11.0. The molecule has 4 aromatic rings. The molecule has 2 amide bonds. The van der Waals surface area contributed by atoms with Gasteiger partial charge in [0.2, 0.25) is 0 Å². The van der Waals surface area contributed by atoms with Crippen LogP contribution < -0.4 is 20.1 Å². The van der Waals surface area contributed by atoms with Crippen molar-refractivity contribution in [3.05, 3.63) is 124 Å². The Balaban J connectivity index is 1.51. The van der Waals surface area contributed by atoms with Crippen LogP contribution in [-0.4, -0.2) is 37.6 Å². The Hall–Kier alpha value is -4.53. The number of ether oxygens (including phenoxy) is 2. The smallest absolute Gasteiger partial charge is 0.272 e. The van der Waals surface area contributed by atoms with Gasteiger partial charge in [0.15, 0.2) is 17.3 Å². The van der Waals surface area contributed by atoms with E-state index >= 15 is 0 Å². The summed E-state index contributed by atoms with van der Waals surface area (Å²) in [6, 6.07) is 27.8. The second kappa shape index (κ2) is 14.2. The van der Waals surface area contributed by atoms with Crippen molar-refractivity contribution in [2.45, 2.75) is 4.90 Å². The summed E-state index contributed by atoms with van der Waals surface area (Å²) >= 11 is 7.50. The van der Waals surface area contributed by atoms with Gasteiger partial charge in [0.05, 0.1) is 25.0 Å². The van der Waals surface area contributed by atoms with E-state index in [0.29, 0.717) is 38.9 Å². The minimum Gasteiger partial charge on any atom is -0.493 e. The minimum atomic E-state index is -0.534. The van der Waals surface area contributed by atoms with Crippen molar-refractivity contribution in [2.75, 3.05) is 25.3 Å². The molecule has 0 heterocycles. The van der Waals surface area contributed by atoms with Gasteiger partial charge in [0, 0.05) is 27.3 Å². The van der Waals surface area contributed by atoms with Gasteiger partial charge < -0.3 is 20.1 Å². The summed E-state index contributed by atoms with van der Waals surface area (Å²) in [7, 11) is 3.02. The van der Waals surface area contributed by atoms with Crippen molar-refractivity contribution >= 4 is 52.7 Å². The Morgan fingerprint density at radius 2 is 1.54 bits per heavy atom. The average molecular weight is 587 g/mol. The van der Waals surface area contributed by atoms with E-state index in [0.717, 1.165) is 4.90 Å². The van der Waals surface area contributed by atoms with Crippen LogP contribution in [0.1, 0.15) is 26.3 Å². The number of thioether (sulfide) groups is 1. The van der Waals surface area contributed by atoms with Gasteiger partial charge in [0.1, 0.15) is 5.70 Å². The highest BCUT2D eigenvalue weighted by atomic mass is 35.5. The fraction of sp³-hybridized carbons (Fsp3) is 0.0938. The zero-order valence-electron chi connectivity index (χ0n) is 22.3. The number of benzene rings is 4. The van der Waals surface area contributed by atoms with E-state index in [-0.39, 0.29) is 17.2 Å². The Morgan fingerprint density at radius 3 is 2.22 bits per heavy atom. The lowest BCUT2D eigenvalue weighted by atomic mass is 10.1. The molecular formula is C32H27ClN2O5S. The lowest BCUT2D eigenvalue weighted by Crippen LogP contribution is -2.30. The van der Waals surface area contributed by atoms with Crippen LogP contribution >= 0.6 is 23.4 Å². The number of carbonyl (C=O) groups is 3. The van der Waals surface area contributed by atoms with Crippen molar-refractivity contribution in [3.63, 3.8) is 0 Å². The third kappa shape index (κ3) is 7.78. The quantitative estimate of drug-likeness (QED) is 0.115. The van der Waals surface area contributed by atoms with E-state index < -0.39 is 11.8 Å². The van der Waals surface area contributed by atoms with Crippen molar-refractivity contribution in [3.8, 4) is 11.5 Å². The van der Waals surface area contributed by atoms with Crippen LogP contribution in [0.25, 0.3) is 6.08 Å². The highest BCUT2D eigenvalue weighted by molar-refractivity contribution is 8.00. The second-order valence-electron chi connectivity index (χ2n) is 8.63. The number of hydrogen-bond donors (Lipinski definition) is 2. The van der Waals surface area contributed by atoms with E-state index in [4.69, 9.17) is 21.1 Å². The molecular weight excluding hydrogens is 560 g/mol. The van der Waals surface area contributed by atoms with Crippen molar-refractivity contribution in [2.24, 2.45) is 0 Å². The van der Waals surface area contributed by atoms with Crippen molar-refractivity contribution in [1.29, 1.82) is 0 Å². The van der Waals surface area contributed by atoms with Gasteiger partial charge in [-0.3, -0.25) is 14.4 Å². The summed E-state index contributed by atoms with van der Waals surface area (Å²) in [4.78, 5) is 39.7.